The maximum absolute atomic E-state index is 12.3. The van der Waals surface area contributed by atoms with Crippen LogP contribution in [0.4, 0.5) is 13.2 Å². The summed E-state index contributed by atoms with van der Waals surface area (Å²) in [6.45, 7) is 0.352. The molecule has 1 saturated heterocycles. The number of rotatable bonds is 4. The van der Waals surface area contributed by atoms with Gasteiger partial charge in [0.25, 0.3) is 0 Å². The van der Waals surface area contributed by atoms with Crippen LogP contribution in [0.1, 0.15) is 6.42 Å². The van der Waals surface area contributed by atoms with Gasteiger partial charge in [-0.1, -0.05) is 0 Å². The molecule has 2 rings (SSSR count). The van der Waals surface area contributed by atoms with Gasteiger partial charge in [0.1, 0.15) is 5.75 Å². The third-order valence-corrected chi connectivity index (χ3v) is 4.87. The normalized spacial score (nSPS) is 20.7. The number of nitrogens with two attached hydrogens (primary N) is 1. The van der Waals surface area contributed by atoms with Gasteiger partial charge >= 0.3 is 6.36 Å². The number of nitrogens with zero attached hydrogens (tertiary/aromatic N) is 1. The minimum absolute atomic E-state index is 0.111. The van der Waals surface area contributed by atoms with Gasteiger partial charge in [0.05, 0.1) is 11.0 Å². The van der Waals surface area contributed by atoms with E-state index in [1.165, 1.54) is 4.31 Å². The molecule has 1 heterocycles. The fraction of sp³-hybridized carbons (Fsp3) is 0.455. The molecule has 1 atom stereocenters. The maximum atomic E-state index is 12.3. The molecule has 0 saturated carbocycles. The lowest BCUT2D eigenvalue weighted by atomic mass is 10.3. The number of alkyl halides is 3. The lowest BCUT2D eigenvalue weighted by Crippen LogP contribution is -2.31. The third kappa shape index (κ3) is 3.84. The fourth-order valence-corrected chi connectivity index (χ4v) is 3.48. The van der Waals surface area contributed by atoms with E-state index < -0.39 is 22.1 Å². The van der Waals surface area contributed by atoms with Crippen LogP contribution >= 0.6 is 0 Å². The molecule has 0 spiro atoms. The van der Waals surface area contributed by atoms with E-state index in [2.05, 4.69) is 9.57 Å². The molecule has 1 aliphatic heterocycles. The summed E-state index contributed by atoms with van der Waals surface area (Å²) in [6, 6.07) is 4.03. The molecule has 0 unspecified atom stereocenters. The summed E-state index contributed by atoms with van der Waals surface area (Å²) < 4.78 is 65.5. The molecule has 6 nitrogen and oxygen atoms in total. The van der Waals surface area contributed by atoms with Crippen LogP contribution in [0.3, 0.4) is 0 Å². The van der Waals surface area contributed by atoms with Crippen molar-refractivity contribution in [2.75, 3.05) is 13.1 Å². The van der Waals surface area contributed by atoms with Crippen LogP contribution in [0.5, 0.6) is 5.75 Å². The summed E-state index contributed by atoms with van der Waals surface area (Å²) in [6.07, 6.45) is -4.74. The quantitative estimate of drug-likeness (QED) is 0.842. The molecule has 21 heavy (non-hydrogen) atoms. The summed E-state index contributed by atoms with van der Waals surface area (Å²) in [5.41, 5.74) is 0. The molecule has 0 amide bonds. The average Bonchev–Trinajstić information content (AvgIpc) is 2.87. The Balaban J connectivity index is 2.14. The summed E-state index contributed by atoms with van der Waals surface area (Å²) in [7, 11) is -3.78. The molecule has 2 N–H and O–H groups in total. The Hall–Kier alpha value is -1.36. The van der Waals surface area contributed by atoms with Gasteiger partial charge in [0.2, 0.25) is 10.0 Å². The smallest absolute Gasteiger partial charge is 0.406 e. The van der Waals surface area contributed by atoms with E-state index in [-0.39, 0.29) is 24.1 Å². The van der Waals surface area contributed by atoms with Crippen molar-refractivity contribution in [1.29, 1.82) is 0 Å². The Morgan fingerprint density at radius 2 is 1.86 bits per heavy atom. The van der Waals surface area contributed by atoms with Gasteiger partial charge in [0.15, 0.2) is 0 Å². The van der Waals surface area contributed by atoms with Crippen LogP contribution in [-0.2, 0) is 14.9 Å². The minimum Gasteiger partial charge on any atom is -0.406 e. The topological polar surface area (TPSA) is 81.9 Å². The second-order valence-corrected chi connectivity index (χ2v) is 6.37. The van der Waals surface area contributed by atoms with E-state index in [0.29, 0.717) is 6.42 Å². The Kier molecular flexibility index (Phi) is 4.42. The summed E-state index contributed by atoms with van der Waals surface area (Å²) >= 11 is 0. The molecule has 1 aromatic carbocycles. The Bertz CT molecular complexity index is 588. The number of hydrogen-bond acceptors (Lipinski definition) is 5. The first-order valence-corrected chi connectivity index (χ1v) is 7.38. The minimum atomic E-state index is -4.82. The van der Waals surface area contributed by atoms with Crippen LogP contribution in [-0.4, -0.2) is 38.3 Å². The van der Waals surface area contributed by atoms with E-state index in [9.17, 15) is 21.6 Å². The molecule has 0 aromatic heterocycles. The molecular weight excluding hydrogens is 313 g/mol. The predicted octanol–water partition coefficient (Wildman–Crippen LogP) is 1.24. The highest BCUT2D eigenvalue weighted by molar-refractivity contribution is 7.89. The highest BCUT2D eigenvalue weighted by Gasteiger charge is 2.34. The van der Waals surface area contributed by atoms with Crippen molar-refractivity contribution in [1.82, 2.24) is 4.31 Å². The van der Waals surface area contributed by atoms with Gasteiger partial charge < -0.3 is 4.74 Å². The van der Waals surface area contributed by atoms with Crippen molar-refractivity contribution < 1.29 is 31.2 Å². The summed E-state index contributed by atoms with van der Waals surface area (Å²) in [5, 5.41) is 0. The fourth-order valence-electron chi connectivity index (χ4n) is 1.99. The zero-order valence-electron chi connectivity index (χ0n) is 10.7. The molecular formula is C11H13F3N2O4S. The van der Waals surface area contributed by atoms with Gasteiger partial charge in [-0.05, 0) is 30.7 Å². The lowest BCUT2D eigenvalue weighted by molar-refractivity contribution is -0.274. The van der Waals surface area contributed by atoms with Gasteiger partial charge in [-0.15, -0.1) is 13.2 Å². The Morgan fingerprint density at radius 3 is 2.33 bits per heavy atom. The first-order valence-electron chi connectivity index (χ1n) is 5.94. The maximum Gasteiger partial charge on any atom is 0.573 e. The van der Waals surface area contributed by atoms with Gasteiger partial charge in [-0.25, -0.2) is 14.3 Å². The number of benzene rings is 1. The average molecular weight is 326 g/mol. The number of hydrogen-bond donors (Lipinski definition) is 1. The standard InChI is InChI=1S/C11H13F3N2O4S/c12-11(13,14)19-8-1-3-10(4-2-8)21(17,18)16-6-5-9(7-16)20-15/h1-4,9H,5-7,15H2/t9-/m0/s1. The van der Waals surface area contributed by atoms with Crippen molar-refractivity contribution in [3.63, 3.8) is 0 Å². The van der Waals surface area contributed by atoms with Gasteiger partial charge in [-0.3, -0.25) is 4.84 Å². The number of sulfonamides is 1. The van der Waals surface area contributed by atoms with Crippen molar-refractivity contribution in [3.8, 4) is 5.75 Å². The first-order chi connectivity index (χ1) is 9.72. The zero-order valence-corrected chi connectivity index (χ0v) is 11.5. The van der Waals surface area contributed by atoms with Crippen LogP contribution < -0.4 is 10.6 Å². The van der Waals surface area contributed by atoms with E-state index in [0.717, 1.165) is 24.3 Å². The SMILES string of the molecule is NO[C@H]1CCN(S(=O)(=O)c2ccc(OC(F)(F)F)cc2)C1. The molecule has 1 fully saturated rings. The third-order valence-electron chi connectivity index (χ3n) is 3.00. The lowest BCUT2D eigenvalue weighted by Gasteiger charge is -2.16. The zero-order chi connectivity index (χ0) is 15.7. The number of ether oxygens (including phenoxy) is 1. The van der Waals surface area contributed by atoms with E-state index in [4.69, 9.17) is 5.90 Å². The van der Waals surface area contributed by atoms with Gasteiger partial charge in [-0.2, -0.15) is 4.31 Å². The molecule has 10 heteroatoms. The highest BCUT2D eigenvalue weighted by Crippen LogP contribution is 2.26. The van der Waals surface area contributed by atoms with E-state index >= 15 is 0 Å². The van der Waals surface area contributed by atoms with Crippen molar-refractivity contribution in [3.05, 3.63) is 24.3 Å². The molecule has 1 aromatic rings. The Morgan fingerprint density at radius 1 is 1.24 bits per heavy atom. The molecule has 0 radical (unpaired) electrons. The van der Waals surface area contributed by atoms with Gasteiger partial charge in [0, 0.05) is 13.1 Å². The van der Waals surface area contributed by atoms with Crippen LogP contribution in [0.25, 0.3) is 0 Å². The van der Waals surface area contributed by atoms with Crippen LogP contribution in [0, 0.1) is 0 Å². The summed E-state index contributed by atoms with van der Waals surface area (Å²) in [4.78, 5) is 4.48. The largest absolute Gasteiger partial charge is 0.573 e. The predicted molar refractivity (Wildman–Crippen MR) is 65.6 cm³/mol. The number of halogens is 3. The highest BCUT2D eigenvalue weighted by atomic mass is 32.2. The summed E-state index contributed by atoms with van der Waals surface area (Å²) in [5.74, 6) is 4.53. The molecule has 0 aliphatic carbocycles. The second-order valence-electron chi connectivity index (χ2n) is 4.43. The second kappa shape index (κ2) is 5.79. The van der Waals surface area contributed by atoms with E-state index in [1.807, 2.05) is 0 Å². The van der Waals surface area contributed by atoms with Crippen molar-refractivity contribution >= 4 is 10.0 Å². The molecule has 1 aliphatic rings. The molecule has 0 bridgehead atoms. The monoisotopic (exact) mass is 326 g/mol. The molecule has 118 valence electrons. The van der Waals surface area contributed by atoms with E-state index in [1.54, 1.807) is 0 Å². The Labute approximate surface area is 119 Å². The van der Waals surface area contributed by atoms with Crippen LogP contribution in [0.15, 0.2) is 29.2 Å². The van der Waals surface area contributed by atoms with Crippen LogP contribution in [0.2, 0.25) is 0 Å². The van der Waals surface area contributed by atoms with Crippen molar-refractivity contribution in [2.24, 2.45) is 5.90 Å². The van der Waals surface area contributed by atoms with Crippen molar-refractivity contribution in [2.45, 2.75) is 23.8 Å². The first kappa shape index (κ1) is 16.0.